The summed E-state index contributed by atoms with van der Waals surface area (Å²) >= 11 is 0. The predicted molar refractivity (Wildman–Crippen MR) is 99.8 cm³/mol. The first-order chi connectivity index (χ1) is 11.7. The van der Waals surface area contributed by atoms with Crippen LogP contribution in [0.4, 0.5) is 0 Å². The van der Waals surface area contributed by atoms with E-state index in [0.29, 0.717) is 12.1 Å². The SMILES string of the molecule is CCCCCNC(=O)/C(=C/c1ccc(OC)cc1)c1ccccc1. The molecule has 0 unspecified atom stereocenters. The fourth-order valence-corrected chi connectivity index (χ4v) is 2.44. The van der Waals surface area contributed by atoms with E-state index < -0.39 is 0 Å². The lowest BCUT2D eigenvalue weighted by Gasteiger charge is -2.10. The van der Waals surface area contributed by atoms with Gasteiger partial charge in [0.05, 0.1) is 7.11 Å². The standard InChI is InChI=1S/C21H25NO2/c1-3-4-8-15-22-21(23)20(18-9-6-5-7-10-18)16-17-11-13-19(24-2)14-12-17/h5-7,9-14,16H,3-4,8,15H2,1-2H3,(H,22,23)/b20-16+. The normalized spacial score (nSPS) is 11.2. The van der Waals surface area contributed by atoms with Crippen molar-refractivity contribution >= 4 is 17.6 Å². The molecule has 0 atom stereocenters. The number of amides is 1. The summed E-state index contributed by atoms with van der Waals surface area (Å²) < 4.78 is 5.18. The van der Waals surface area contributed by atoms with Gasteiger partial charge in [0.25, 0.3) is 5.91 Å². The van der Waals surface area contributed by atoms with Crippen LogP contribution in [-0.4, -0.2) is 19.6 Å². The Balaban J connectivity index is 2.22. The Bertz CT molecular complexity index is 660. The van der Waals surface area contributed by atoms with Gasteiger partial charge in [-0.2, -0.15) is 0 Å². The Labute approximate surface area is 144 Å². The number of methoxy groups -OCH3 is 1. The third-order valence-electron chi connectivity index (χ3n) is 3.82. The molecule has 3 heteroatoms. The van der Waals surface area contributed by atoms with E-state index in [1.54, 1.807) is 7.11 Å². The molecule has 2 rings (SSSR count). The van der Waals surface area contributed by atoms with Crippen LogP contribution in [0, 0.1) is 0 Å². The molecule has 0 fully saturated rings. The topological polar surface area (TPSA) is 38.3 Å². The van der Waals surface area contributed by atoms with Crippen molar-refractivity contribution in [3.63, 3.8) is 0 Å². The van der Waals surface area contributed by atoms with Crippen LogP contribution < -0.4 is 10.1 Å². The molecular weight excluding hydrogens is 298 g/mol. The molecule has 0 aliphatic heterocycles. The van der Waals surface area contributed by atoms with Crippen molar-refractivity contribution in [1.82, 2.24) is 5.32 Å². The number of benzene rings is 2. The molecule has 126 valence electrons. The molecule has 0 aliphatic carbocycles. The average molecular weight is 323 g/mol. The largest absolute Gasteiger partial charge is 0.497 e. The maximum Gasteiger partial charge on any atom is 0.251 e. The molecule has 1 N–H and O–H groups in total. The van der Waals surface area contributed by atoms with Crippen molar-refractivity contribution in [3.05, 3.63) is 65.7 Å². The first-order valence-corrected chi connectivity index (χ1v) is 8.44. The number of carbonyl (C=O) groups is 1. The van der Waals surface area contributed by atoms with Gasteiger partial charge in [-0.05, 0) is 35.8 Å². The molecule has 0 saturated carbocycles. The molecule has 2 aromatic rings. The minimum atomic E-state index is -0.0341. The molecule has 3 nitrogen and oxygen atoms in total. The van der Waals surface area contributed by atoms with Crippen LogP contribution in [0.1, 0.15) is 37.3 Å². The van der Waals surface area contributed by atoms with Gasteiger partial charge in [0.2, 0.25) is 0 Å². The third-order valence-corrected chi connectivity index (χ3v) is 3.82. The summed E-state index contributed by atoms with van der Waals surface area (Å²) in [4.78, 5) is 12.6. The predicted octanol–water partition coefficient (Wildman–Crippen LogP) is 4.54. The van der Waals surface area contributed by atoms with E-state index in [1.165, 1.54) is 0 Å². The fourth-order valence-electron chi connectivity index (χ4n) is 2.44. The first kappa shape index (κ1) is 17.8. The highest BCUT2D eigenvalue weighted by Crippen LogP contribution is 2.20. The van der Waals surface area contributed by atoms with E-state index in [-0.39, 0.29) is 5.91 Å². The van der Waals surface area contributed by atoms with E-state index in [9.17, 15) is 4.79 Å². The molecule has 1 amide bonds. The summed E-state index contributed by atoms with van der Waals surface area (Å²) in [6.45, 7) is 2.86. The highest BCUT2D eigenvalue weighted by molar-refractivity contribution is 6.24. The highest BCUT2D eigenvalue weighted by atomic mass is 16.5. The number of carbonyl (C=O) groups excluding carboxylic acids is 1. The second-order valence-corrected chi connectivity index (χ2v) is 5.66. The summed E-state index contributed by atoms with van der Waals surface area (Å²) in [6, 6.07) is 17.5. The van der Waals surface area contributed by atoms with Crippen LogP contribution in [0.25, 0.3) is 11.6 Å². The van der Waals surface area contributed by atoms with E-state index in [0.717, 1.165) is 36.1 Å². The van der Waals surface area contributed by atoms with E-state index in [2.05, 4.69) is 12.2 Å². The second-order valence-electron chi connectivity index (χ2n) is 5.66. The molecule has 2 aromatic carbocycles. The van der Waals surface area contributed by atoms with Crippen LogP contribution in [-0.2, 0) is 4.79 Å². The van der Waals surface area contributed by atoms with Crippen LogP contribution in [0.3, 0.4) is 0 Å². The van der Waals surface area contributed by atoms with Crippen molar-refractivity contribution < 1.29 is 9.53 Å². The molecule has 0 aliphatic rings. The van der Waals surface area contributed by atoms with Crippen molar-refractivity contribution in [2.45, 2.75) is 26.2 Å². The maximum atomic E-state index is 12.6. The smallest absolute Gasteiger partial charge is 0.251 e. The van der Waals surface area contributed by atoms with Gasteiger partial charge >= 0.3 is 0 Å². The van der Waals surface area contributed by atoms with Gasteiger partial charge in [-0.3, -0.25) is 4.79 Å². The lowest BCUT2D eigenvalue weighted by molar-refractivity contribution is -0.115. The second kappa shape index (κ2) is 9.56. The summed E-state index contributed by atoms with van der Waals surface area (Å²) in [5, 5.41) is 3.03. The number of hydrogen-bond acceptors (Lipinski definition) is 2. The van der Waals surface area contributed by atoms with Crippen molar-refractivity contribution in [1.29, 1.82) is 0 Å². The van der Waals surface area contributed by atoms with E-state index >= 15 is 0 Å². The van der Waals surface area contributed by atoms with Gasteiger partial charge in [0.15, 0.2) is 0 Å². The molecule has 0 bridgehead atoms. The van der Waals surface area contributed by atoms with Crippen LogP contribution in [0.15, 0.2) is 54.6 Å². The Morgan fingerprint density at radius 1 is 1.04 bits per heavy atom. The Morgan fingerprint density at radius 2 is 1.75 bits per heavy atom. The average Bonchev–Trinajstić information content (AvgIpc) is 2.64. The maximum absolute atomic E-state index is 12.6. The van der Waals surface area contributed by atoms with Gasteiger partial charge in [-0.25, -0.2) is 0 Å². The molecule has 0 saturated heterocycles. The minimum absolute atomic E-state index is 0.0341. The molecular formula is C21H25NO2. The quantitative estimate of drug-likeness (QED) is 0.440. The van der Waals surface area contributed by atoms with Crippen molar-refractivity contribution in [2.75, 3.05) is 13.7 Å². The lowest BCUT2D eigenvalue weighted by Crippen LogP contribution is -2.25. The number of ether oxygens (including phenoxy) is 1. The number of unbranched alkanes of at least 4 members (excludes halogenated alkanes) is 2. The Morgan fingerprint density at radius 3 is 2.38 bits per heavy atom. The summed E-state index contributed by atoms with van der Waals surface area (Å²) in [5.74, 6) is 0.769. The van der Waals surface area contributed by atoms with Gasteiger partial charge in [0.1, 0.15) is 5.75 Å². The van der Waals surface area contributed by atoms with Gasteiger partial charge in [-0.15, -0.1) is 0 Å². The monoisotopic (exact) mass is 323 g/mol. The van der Waals surface area contributed by atoms with E-state index in [4.69, 9.17) is 4.74 Å². The highest BCUT2D eigenvalue weighted by Gasteiger charge is 2.11. The van der Waals surface area contributed by atoms with Gasteiger partial charge in [-0.1, -0.05) is 62.2 Å². The van der Waals surface area contributed by atoms with Gasteiger partial charge < -0.3 is 10.1 Å². The minimum Gasteiger partial charge on any atom is -0.497 e. The zero-order valence-corrected chi connectivity index (χ0v) is 14.4. The van der Waals surface area contributed by atoms with Crippen molar-refractivity contribution in [2.24, 2.45) is 0 Å². The fraction of sp³-hybridized carbons (Fsp3) is 0.286. The Hall–Kier alpha value is -2.55. The van der Waals surface area contributed by atoms with Gasteiger partial charge in [0, 0.05) is 12.1 Å². The van der Waals surface area contributed by atoms with Crippen LogP contribution in [0.2, 0.25) is 0 Å². The lowest BCUT2D eigenvalue weighted by atomic mass is 10.0. The van der Waals surface area contributed by atoms with E-state index in [1.807, 2.05) is 60.7 Å². The molecule has 0 heterocycles. The zero-order chi connectivity index (χ0) is 17.2. The summed E-state index contributed by atoms with van der Waals surface area (Å²) in [7, 11) is 1.64. The molecule has 0 spiro atoms. The number of nitrogens with one attached hydrogen (secondary N) is 1. The number of hydrogen-bond donors (Lipinski definition) is 1. The van der Waals surface area contributed by atoms with Crippen LogP contribution >= 0.6 is 0 Å². The summed E-state index contributed by atoms with van der Waals surface area (Å²) in [5.41, 5.74) is 2.57. The molecule has 0 aromatic heterocycles. The Kier molecular flexibility index (Phi) is 7.09. The summed E-state index contributed by atoms with van der Waals surface area (Å²) in [6.07, 6.45) is 5.20. The molecule has 0 radical (unpaired) electrons. The third kappa shape index (κ3) is 5.27. The molecule has 24 heavy (non-hydrogen) atoms. The van der Waals surface area contributed by atoms with Crippen LogP contribution in [0.5, 0.6) is 5.75 Å². The zero-order valence-electron chi connectivity index (χ0n) is 14.4. The van der Waals surface area contributed by atoms with Crippen molar-refractivity contribution in [3.8, 4) is 5.75 Å². The number of rotatable bonds is 8. The first-order valence-electron chi connectivity index (χ1n) is 8.44.